The third-order valence-corrected chi connectivity index (χ3v) is 3.00. The van der Waals surface area contributed by atoms with Crippen molar-refractivity contribution < 1.29 is 0 Å². The fourth-order valence-electron chi connectivity index (χ4n) is 1.73. The van der Waals surface area contributed by atoms with Crippen LogP contribution in [0.5, 0.6) is 0 Å². The van der Waals surface area contributed by atoms with Gasteiger partial charge in [0, 0.05) is 17.1 Å². The molecule has 3 nitrogen and oxygen atoms in total. The van der Waals surface area contributed by atoms with E-state index in [9.17, 15) is 0 Å². The third kappa shape index (κ3) is 2.61. The monoisotopic (exact) mass is 249 g/mol. The molecule has 2 N–H and O–H groups in total. The maximum atomic E-state index is 6.08. The van der Waals surface area contributed by atoms with E-state index >= 15 is 0 Å². The van der Waals surface area contributed by atoms with Crippen LogP contribution >= 0.6 is 11.6 Å². The zero-order valence-corrected chi connectivity index (χ0v) is 10.6. The van der Waals surface area contributed by atoms with Crippen molar-refractivity contribution in [3.05, 3.63) is 35.6 Å². The Kier molecular flexibility index (Phi) is 3.69. The molecule has 2 rings (SSSR count). The van der Waals surface area contributed by atoms with Crippen LogP contribution in [-0.2, 0) is 6.54 Å². The largest absolute Gasteiger partial charge is 0.383 e. The SMILES string of the molecule is CCCCn1cnc(-c2ccc(Cl)cc2)c1N. The summed E-state index contributed by atoms with van der Waals surface area (Å²) in [5, 5.41) is 0.720. The molecule has 0 aliphatic carbocycles. The summed E-state index contributed by atoms with van der Waals surface area (Å²) >= 11 is 5.86. The van der Waals surface area contributed by atoms with Gasteiger partial charge in [-0.2, -0.15) is 0 Å². The lowest BCUT2D eigenvalue weighted by Gasteiger charge is -2.04. The van der Waals surface area contributed by atoms with E-state index in [0.29, 0.717) is 0 Å². The number of nitrogen functional groups attached to an aromatic ring is 1. The van der Waals surface area contributed by atoms with Gasteiger partial charge in [-0.1, -0.05) is 37.1 Å². The zero-order valence-electron chi connectivity index (χ0n) is 9.86. The minimum absolute atomic E-state index is 0.720. The second-order valence-electron chi connectivity index (χ2n) is 4.03. The highest BCUT2D eigenvalue weighted by Gasteiger charge is 2.09. The van der Waals surface area contributed by atoms with Crippen LogP contribution in [0.3, 0.4) is 0 Å². The number of rotatable bonds is 4. The molecular formula is C13H16ClN3. The number of halogens is 1. The van der Waals surface area contributed by atoms with Crippen LogP contribution in [0.4, 0.5) is 5.82 Å². The molecule has 0 radical (unpaired) electrons. The first kappa shape index (κ1) is 12.0. The topological polar surface area (TPSA) is 43.8 Å². The normalized spacial score (nSPS) is 10.7. The highest BCUT2D eigenvalue weighted by atomic mass is 35.5. The summed E-state index contributed by atoms with van der Waals surface area (Å²) in [6.07, 6.45) is 4.06. The molecule has 1 heterocycles. The quantitative estimate of drug-likeness (QED) is 0.900. The zero-order chi connectivity index (χ0) is 12.3. The van der Waals surface area contributed by atoms with Gasteiger partial charge in [0.1, 0.15) is 11.5 Å². The Labute approximate surface area is 106 Å². The van der Waals surface area contributed by atoms with Gasteiger partial charge in [-0.3, -0.25) is 0 Å². The Hall–Kier alpha value is -1.48. The van der Waals surface area contributed by atoms with Crippen LogP contribution in [0.2, 0.25) is 5.02 Å². The van der Waals surface area contributed by atoms with Gasteiger partial charge in [-0.15, -0.1) is 0 Å². The molecule has 1 aromatic carbocycles. The number of hydrogen-bond acceptors (Lipinski definition) is 2. The molecule has 0 atom stereocenters. The first-order valence-corrected chi connectivity index (χ1v) is 6.16. The Morgan fingerprint density at radius 2 is 2.00 bits per heavy atom. The van der Waals surface area contributed by atoms with Gasteiger partial charge in [-0.05, 0) is 18.6 Å². The van der Waals surface area contributed by atoms with E-state index < -0.39 is 0 Å². The minimum Gasteiger partial charge on any atom is -0.383 e. The van der Waals surface area contributed by atoms with E-state index in [1.54, 1.807) is 6.33 Å². The maximum absolute atomic E-state index is 6.08. The van der Waals surface area contributed by atoms with Gasteiger partial charge in [0.2, 0.25) is 0 Å². The molecule has 0 fully saturated rings. The molecule has 0 aliphatic heterocycles. The molecule has 1 aromatic heterocycles. The molecule has 2 aromatic rings. The van der Waals surface area contributed by atoms with Crippen LogP contribution in [-0.4, -0.2) is 9.55 Å². The molecule has 0 saturated heterocycles. The number of aryl methyl sites for hydroxylation is 1. The second kappa shape index (κ2) is 5.23. The van der Waals surface area contributed by atoms with Gasteiger partial charge >= 0.3 is 0 Å². The molecule has 90 valence electrons. The highest BCUT2D eigenvalue weighted by molar-refractivity contribution is 6.30. The van der Waals surface area contributed by atoms with Crippen molar-refractivity contribution >= 4 is 17.4 Å². The third-order valence-electron chi connectivity index (χ3n) is 2.75. The number of nitrogens with zero attached hydrogens (tertiary/aromatic N) is 2. The lowest BCUT2D eigenvalue weighted by atomic mass is 10.1. The lowest BCUT2D eigenvalue weighted by molar-refractivity contribution is 0.637. The number of imidazole rings is 1. The Bertz CT molecular complexity index is 488. The first-order chi connectivity index (χ1) is 8.22. The number of anilines is 1. The van der Waals surface area contributed by atoms with Gasteiger partial charge in [-0.25, -0.2) is 4.98 Å². The van der Waals surface area contributed by atoms with E-state index in [4.69, 9.17) is 17.3 Å². The number of nitrogens with two attached hydrogens (primary N) is 1. The molecule has 0 saturated carbocycles. The standard InChI is InChI=1S/C13H16ClN3/c1-2-3-8-17-9-16-12(13(17)15)10-4-6-11(14)7-5-10/h4-7,9H,2-3,8,15H2,1H3. The van der Waals surface area contributed by atoms with Crippen LogP contribution < -0.4 is 5.73 Å². The number of aromatic nitrogens is 2. The molecule has 0 unspecified atom stereocenters. The Morgan fingerprint density at radius 1 is 1.29 bits per heavy atom. The minimum atomic E-state index is 0.720. The van der Waals surface area contributed by atoms with Gasteiger partial charge < -0.3 is 10.3 Å². The van der Waals surface area contributed by atoms with E-state index in [2.05, 4.69) is 11.9 Å². The van der Waals surface area contributed by atoms with Crippen LogP contribution in [0.25, 0.3) is 11.3 Å². The van der Waals surface area contributed by atoms with Gasteiger partial charge in [0.15, 0.2) is 0 Å². The van der Waals surface area contributed by atoms with Gasteiger partial charge in [0.25, 0.3) is 0 Å². The van der Waals surface area contributed by atoms with Crippen molar-refractivity contribution in [2.24, 2.45) is 0 Å². The fraction of sp³-hybridized carbons (Fsp3) is 0.308. The van der Waals surface area contributed by atoms with E-state index in [1.165, 1.54) is 0 Å². The summed E-state index contributed by atoms with van der Waals surface area (Å²) in [7, 11) is 0. The van der Waals surface area contributed by atoms with E-state index in [0.717, 1.165) is 41.5 Å². The average Bonchev–Trinajstić information content (AvgIpc) is 2.69. The highest BCUT2D eigenvalue weighted by Crippen LogP contribution is 2.25. The van der Waals surface area contributed by atoms with Crippen LogP contribution in [0.1, 0.15) is 19.8 Å². The van der Waals surface area contributed by atoms with Crippen molar-refractivity contribution in [1.82, 2.24) is 9.55 Å². The summed E-state index contributed by atoms with van der Waals surface area (Å²) in [6, 6.07) is 7.57. The summed E-state index contributed by atoms with van der Waals surface area (Å²) in [5.41, 5.74) is 7.91. The number of hydrogen-bond donors (Lipinski definition) is 1. The van der Waals surface area contributed by atoms with Crippen molar-refractivity contribution in [1.29, 1.82) is 0 Å². The summed E-state index contributed by atoms with van der Waals surface area (Å²) in [6.45, 7) is 3.08. The average molecular weight is 250 g/mol. The number of benzene rings is 1. The van der Waals surface area contributed by atoms with Crippen molar-refractivity contribution in [2.75, 3.05) is 5.73 Å². The van der Waals surface area contributed by atoms with Crippen molar-refractivity contribution in [3.63, 3.8) is 0 Å². The lowest BCUT2D eigenvalue weighted by Crippen LogP contribution is -2.01. The predicted molar refractivity (Wildman–Crippen MR) is 72.0 cm³/mol. The van der Waals surface area contributed by atoms with E-state index in [-0.39, 0.29) is 0 Å². The molecule has 0 spiro atoms. The Morgan fingerprint density at radius 3 is 2.65 bits per heavy atom. The first-order valence-electron chi connectivity index (χ1n) is 5.79. The second-order valence-corrected chi connectivity index (χ2v) is 4.47. The Balaban J connectivity index is 2.27. The van der Waals surface area contributed by atoms with Crippen LogP contribution in [0.15, 0.2) is 30.6 Å². The fourth-order valence-corrected chi connectivity index (χ4v) is 1.85. The molecule has 4 heteroatoms. The van der Waals surface area contributed by atoms with Crippen molar-refractivity contribution in [3.8, 4) is 11.3 Å². The van der Waals surface area contributed by atoms with Crippen LogP contribution in [0, 0.1) is 0 Å². The summed E-state index contributed by atoms with van der Waals surface area (Å²) < 4.78 is 1.99. The predicted octanol–water partition coefficient (Wildman–Crippen LogP) is 3.59. The molecular weight excluding hydrogens is 234 g/mol. The number of unbranched alkanes of at least 4 members (excludes halogenated alkanes) is 1. The molecule has 0 bridgehead atoms. The maximum Gasteiger partial charge on any atom is 0.131 e. The van der Waals surface area contributed by atoms with Crippen molar-refractivity contribution in [2.45, 2.75) is 26.3 Å². The smallest absolute Gasteiger partial charge is 0.131 e. The molecule has 17 heavy (non-hydrogen) atoms. The summed E-state index contributed by atoms with van der Waals surface area (Å²) in [4.78, 5) is 4.36. The molecule has 0 amide bonds. The summed E-state index contributed by atoms with van der Waals surface area (Å²) in [5.74, 6) is 0.723. The van der Waals surface area contributed by atoms with E-state index in [1.807, 2.05) is 28.8 Å². The molecule has 0 aliphatic rings. The van der Waals surface area contributed by atoms with Gasteiger partial charge in [0.05, 0.1) is 6.33 Å².